The number of rotatable bonds is 2. The second kappa shape index (κ2) is 5.09. The SMILES string of the molecule is Cc1ccc(-n2nc(-c3ccccc3C)cc2N)c(C)c1. The van der Waals surface area contributed by atoms with Crippen molar-refractivity contribution in [3.05, 3.63) is 65.2 Å². The number of hydrogen-bond acceptors (Lipinski definition) is 2. The minimum absolute atomic E-state index is 0.653. The molecular formula is C18H19N3. The first-order valence-electron chi connectivity index (χ1n) is 7.05. The van der Waals surface area contributed by atoms with Crippen molar-refractivity contribution in [3.8, 4) is 16.9 Å². The zero-order valence-corrected chi connectivity index (χ0v) is 12.6. The molecule has 1 aromatic heterocycles. The van der Waals surface area contributed by atoms with Gasteiger partial charge in [0.05, 0.1) is 11.4 Å². The van der Waals surface area contributed by atoms with E-state index in [1.807, 2.05) is 22.9 Å². The number of hydrogen-bond donors (Lipinski definition) is 1. The summed E-state index contributed by atoms with van der Waals surface area (Å²) in [5.41, 5.74) is 12.8. The first-order chi connectivity index (χ1) is 10.1. The molecule has 2 N–H and O–H groups in total. The first kappa shape index (κ1) is 13.4. The van der Waals surface area contributed by atoms with Crippen LogP contribution in [-0.2, 0) is 0 Å². The maximum absolute atomic E-state index is 6.17. The lowest BCUT2D eigenvalue weighted by atomic mass is 10.1. The highest BCUT2D eigenvalue weighted by molar-refractivity contribution is 5.67. The molecule has 3 rings (SSSR count). The second-order valence-corrected chi connectivity index (χ2v) is 5.47. The van der Waals surface area contributed by atoms with Gasteiger partial charge in [0.25, 0.3) is 0 Å². The molecule has 0 bridgehead atoms. The topological polar surface area (TPSA) is 43.8 Å². The van der Waals surface area contributed by atoms with Crippen LogP contribution in [-0.4, -0.2) is 9.78 Å². The lowest BCUT2D eigenvalue weighted by Gasteiger charge is -2.08. The summed E-state index contributed by atoms with van der Waals surface area (Å²) in [7, 11) is 0. The summed E-state index contributed by atoms with van der Waals surface area (Å²) in [6.45, 7) is 6.25. The van der Waals surface area contributed by atoms with Crippen LogP contribution in [0.5, 0.6) is 0 Å². The molecule has 0 fully saturated rings. The summed E-state index contributed by atoms with van der Waals surface area (Å²) in [4.78, 5) is 0. The van der Waals surface area contributed by atoms with E-state index in [0.717, 1.165) is 16.9 Å². The van der Waals surface area contributed by atoms with E-state index < -0.39 is 0 Å². The summed E-state index contributed by atoms with van der Waals surface area (Å²) in [5.74, 6) is 0.653. The van der Waals surface area contributed by atoms with Crippen molar-refractivity contribution in [1.82, 2.24) is 9.78 Å². The number of nitrogens with zero attached hydrogens (tertiary/aromatic N) is 2. The molecule has 21 heavy (non-hydrogen) atoms. The van der Waals surface area contributed by atoms with Gasteiger partial charge < -0.3 is 5.73 Å². The van der Waals surface area contributed by atoms with Gasteiger partial charge in [0.1, 0.15) is 5.82 Å². The van der Waals surface area contributed by atoms with E-state index in [1.54, 1.807) is 0 Å². The molecule has 0 aliphatic rings. The van der Waals surface area contributed by atoms with Crippen LogP contribution in [0.1, 0.15) is 16.7 Å². The highest BCUT2D eigenvalue weighted by Crippen LogP contribution is 2.26. The van der Waals surface area contributed by atoms with Gasteiger partial charge >= 0.3 is 0 Å². The van der Waals surface area contributed by atoms with Crippen molar-refractivity contribution < 1.29 is 0 Å². The molecule has 0 atom stereocenters. The molecule has 0 aliphatic heterocycles. The van der Waals surface area contributed by atoms with Crippen molar-refractivity contribution in [2.45, 2.75) is 20.8 Å². The Hall–Kier alpha value is -2.55. The average Bonchev–Trinajstić information content (AvgIpc) is 2.81. The second-order valence-electron chi connectivity index (χ2n) is 5.47. The van der Waals surface area contributed by atoms with Gasteiger partial charge in [0.2, 0.25) is 0 Å². The number of benzene rings is 2. The molecule has 0 amide bonds. The summed E-state index contributed by atoms with van der Waals surface area (Å²) < 4.78 is 1.82. The van der Waals surface area contributed by atoms with E-state index >= 15 is 0 Å². The van der Waals surface area contributed by atoms with Crippen LogP contribution >= 0.6 is 0 Å². The lowest BCUT2D eigenvalue weighted by molar-refractivity contribution is 0.886. The van der Waals surface area contributed by atoms with E-state index in [0.29, 0.717) is 5.82 Å². The summed E-state index contributed by atoms with van der Waals surface area (Å²) >= 11 is 0. The van der Waals surface area contributed by atoms with Gasteiger partial charge in [-0.25, -0.2) is 4.68 Å². The van der Waals surface area contributed by atoms with E-state index in [-0.39, 0.29) is 0 Å². The molecular weight excluding hydrogens is 258 g/mol. The Bertz CT molecular complexity index is 800. The van der Waals surface area contributed by atoms with Crippen molar-refractivity contribution in [2.75, 3.05) is 5.73 Å². The highest BCUT2D eigenvalue weighted by Gasteiger charge is 2.11. The molecule has 3 aromatic rings. The fourth-order valence-corrected chi connectivity index (χ4v) is 2.62. The van der Waals surface area contributed by atoms with Crippen molar-refractivity contribution in [2.24, 2.45) is 0 Å². The van der Waals surface area contributed by atoms with Crippen LogP contribution in [0.3, 0.4) is 0 Å². The van der Waals surface area contributed by atoms with Crippen LogP contribution in [0.25, 0.3) is 16.9 Å². The van der Waals surface area contributed by atoms with Crippen LogP contribution in [0.4, 0.5) is 5.82 Å². The zero-order valence-electron chi connectivity index (χ0n) is 12.6. The molecule has 3 nitrogen and oxygen atoms in total. The standard InChI is InChI=1S/C18H19N3/c1-12-8-9-17(14(3)10-12)21-18(19)11-16(20-21)15-7-5-4-6-13(15)2/h4-11H,19H2,1-3H3. The average molecular weight is 277 g/mol. The van der Waals surface area contributed by atoms with E-state index in [9.17, 15) is 0 Å². The number of aryl methyl sites for hydroxylation is 3. The van der Waals surface area contributed by atoms with E-state index in [2.05, 4.69) is 51.1 Å². The molecule has 2 aromatic carbocycles. The molecule has 0 unspecified atom stereocenters. The van der Waals surface area contributed by atoms with Crippen LogP contribution in [0, 0.1) is 20.8 Å². The smallest absolute Gasteiger partial charge is 0.127 e. The van der Waals surface area contributed by atoms with Crippen LogP contribution in [0.15, 0.2) is 48.5 Å². The van der Waals surface area contributed by atoms with Crippen molar-refractivity contribution >= 4 is 5.82 Å². The van der Waals surface area contributed by atoms with Gasteiger partial charge in [-0.3, -0.25) is 0 Å². The quantitative estimate of drug-likeness (QED) is 0.768. The highest BCUT2D eigenvalue weighted by atomic mass is 15.3. The Morgan fingerprint density at radius 1 is 0.905 bits per heavy atom. The van der Waals surface area contributed by atoms with Crippen molar-refractivity contribution in [1.29, 1.82) is 0 Å². The molecule has 0 saturated carbocycles. The number of aromatic nitrogens is 2. The van der Waals surface area contributed by atoms with Gasteiger partial charge in [-0.2, -0.15) is 5.10 Å². The minimum Gasteiger partial charge on any atom is -0.384 e. The molecule has 3 heteroatoms. The summed E-state index contributed by atoms with van der Waals surface area (Å²) in [5, 5.41) is 4.69. The van der Waals surface area contributed by atoms with Gasteiger partial charge in [-0.15, -0.1) is 0 Å². The van der Waals surface area contributed by atoms with Gasteiger partial charge in [0.15, 0.2) is 0 Å². The fourth-order valence-electron chi connectivity index (χ4n) is 2.62. The number of anilines is 1. The maximum Gasteiger partial charge on any atom is 0.127 e. The Kier molecular flexibility index (Phi) is 3.26. The third kappa shape index (κ3) is 2.42. The molecule has 1 heterocycles. The van der Waals surface area contributed by atoms with Gasteiger partial charge in [-0.1, -0.05) is 42.0 Å². The van der Waals surface area contributed by atoms with Crippen molar-refractivity contribution in [3.63, 3.8) is 0 Å². The predicted octanol–water partition coefficient (Wildman–Crippen LogP) is 4.05. The molecule has 0 saturated heterocycles. The fraction of sp³-hybridized carbons (Fsp3) is 0.167. The maximum atomic E-state index is 6.17. The monoisotopic (exact) mass is 277 g/mol. The van der Waals surface area contributed by atoms with E-state index in [4.69, 9.17) is 10.8 Å². The molecule has 106 valence electrons. The predicted molar refractivity (Wildman–Crippen MR) is 87.6 cm³/mol. The Labute approximate surface area is 125 Å². The first-order valence-corrected chi connectivity index (χ1v) is 7.05. The van der Waals surface area contributed by atoms with E-state index in [1.165, 1.54) is 16.7 Å². The normalized spacial score (nSPS) is 10.8. The van der Waals surface area contributed by atoms with Crippen LogP contribution < -0.4 is 5.73 Å². The van der Waals surface area contributed by atoms with Gasteiger partial charge in [0, 0.05) is 11.6 Å². The Morgan fingerprint density at radius 3 is 2.38 bits per heavy atom. The van der Waals surface area contributed by atoms with Gasteiger partial charge in [-0.05, 0) is 38.0 Å². The Balaban J connectivity index is 2.12. The summed E-state index contributed by atoms with van der Waals surface area (Å²) in [6.07, 6.45) is 0. The largest absolute Gasteiger partial charge is 0.384 e. The molecule has 0 radical (unpaired) electrons. The number of nitrogen functional groups attached to an aromatic ring is 1. The third-order valence-corrected chi connectivity index (χ3v) is 3.74. The number of nitrogens with two attached hydrogens (primary N) is 1. The lowest BCUT2D eigenvalue weighted by Crippen LogP contribution is -2.03. The summed E-state index contributed by atoms with van der Waals surface area (Å²) in [6, 6.07) is 16.4. The minimum atomic E-state index is 0.653. The zero-order chi connectivity index (χ0) is 15.0. The Morgan fingerprint density at radius 2 is 1.67 bits per heavy atom. The van der Waals surface area contributed by atoms with Crippen LogP contribution in [0.2, 0.25) is 0 Å². The third-order valence-electron chi connectivity index (χ3n) is 3.74. The molecule has 0 aliphatic carbocycles. The molecule has 0 spiro atoms.